The van der Waals surface area contributed by atoms with Crippen LogP contribution in [0.15, 0.2) is 71.1 Å². The highest BCUT2D eigenvalue weighted by Gasteiger charge is 2.16. The maximum atomic E-state index is 9.46. The van der Waals surface area contributed by atoms with Crippen LogP contribution in [0, 0.1) is 0 Å². The molecule has 0 saturated heterocycles. The van der Waals surface area contributed by atoms with Gasteiger partial charge in [0.1, 0.15) is 11.4 Å². The Labute approximate surface area is 161 Å². The van der Waals surface area contributed by atoms with Crippen LogP contribution in [0.4, 0.5) is 5.82 Å². The Morgan fingerprint density at radius 1 is 1.18 bits per heavy atom. The molecule has 0 amide bonds. The van der Waals surface area contributed by atoms with Crippen LogP contribution in [0.5, 0.6) is 5.75 Å². The van der Waals surface area contributed by atoms with Gasteiger partial charge in [0.25, 0.3) is 0 Å². The van der Waals surface area contributed by atoms with Gasteiger partial charge in [-0.05, 0) is 42.5 Å². The number of hydrogen-bond acceptors (Lipinski definition) is 7. The predicted molar refractivity (Wildman–Crippen MR) is 108 cm³/mol. The van der Waals surface area contributed by atoms with E-state index in [1.807, 2.05) is 31.5 Å². The molecule has 0 saturated carbocycles. The second-order valence-corrected chi connectivity index (χ2v) is 6.32. The second-order valence-electron chi connectivity index (χ2n) is 6.32. The Morgan fingerprint density at radius 2 is 2.00 bits per heavy atom. The highest BCUT2D eigenvalue weighted by Crippen LogP contribution is 2.30. The second kappa shape index (κ2) is 7.40. The zero-order valence-corrected chi connectivity index (χ0v) is 15.3. The maximum Gasteiger partial charge on any atom is 0.189 e. The van der Waals surface area contributed by atoms with Gasteiger partial charge in [-0.25, -0.2) is 9.97 Å². The van der Waals surface area contributed by atoms with Crippen molar-refractivity contribution in [1.29, 1.82) is 0 Å². The molecule has 0 atom stereocenters. The molecule has 0 aliphatic heterocycles. The zero-order valence-electron chi connectivity index (χ0n) is 15.3. The lowest BCUT2D eigenvalue weighted by molar-refractivity contribution is 0.429. The molecule has 0 bridgehead atoms. The van der Waals surface area contributed by atoms with Crippen LogP contribution >= 0.6 is 0 Å². The summed E-state index contributed by atoms with van der Waals surface area (Å²) in [5, 5.41) is 16.6. The third-order valence-electron chi connectivity index (χ3n) is 4.37. The third kappa shape index (κ3) is 3.50. The van der Waals surface area contributed by atoms with Gasteiger partial charge in [-0.1, -0.05) is 23.4 Å². The molecule has 7 nitrogen and oxygen atoms in total. The van der Waals surface area contributed by atoms with Crippen LogP contribution in [-0.4, -0.2) is 27.3 Å². The lowest BCUT2D eigenvalue weighted by atomic mass is 10.0. The number of benzene rings is 1. The summed E-state index contributed by atoms with van der Waals surface area (Å²) in [7, 11) is 1.88. The molecule has 0 radical (unpaired) electrons. The molecule has 0 fully saturated rings. The molecule has 3 aromatic rings. The van der Waals surface area contributed by atoms with Crippen LogP contribution in [-0.2, 0) is 0 Å². The van der Waals surface area contributed by atoms with E-state index < -0.39 is 0 Å². The van der Waals surface area contributed by atoms with E-state index in [1.165, 1.54) is 5.57 Å². The summed E-state index contributed by atoms with van der Waals surface area (Å²) in [6.45, 7) is 0. The normalized spacial score (nSPS) is 14.9. The van der Waals surface area contributed by atoms with Crippen molar-refractivity contribution in [2.75, 3.05) is 12.8 Å². The van der Waals surface area contributed by atoms with Gasteiger partial charge in [-0.2, -0.15) is 0 Å². The number of aromatic hydroxyl groups is 1. The van der Waals surface area contributed by atoms with Crippen molar-refractivity contribution >= 4 is 11.4 Å². The molecule has 4 rings (SSSR count). The molecule has 1 aromatic carbocycles. The van der Waals surface area contributed by atoms with Crippen molar-refractivity contribution in [2.24, 2.45) is 0 Å². The minimum absolute atomic E-state index is 0.189. The largest absolute Gasteiger partial charge is 0.508 e. The molecule has 0 spiro atoms. The van der Waals surface area contributed by atoms with Gasteiger partial charge in [0, 0.05) is 24.3 Å². The van der Waals surface area contributed by atoms with Crippen molar-refractivity contribution < 1.29 is 9.63 Å². The summed E-state index contributed by atoms with van der Waals surface area (Å²) < 4.78 is 5.49. The van der Waals surface area contributed by atoms with Crippen LogP contribution in [0.25, 0.3) is 28.3 Å². The van der Waals surface area contributed by atoms with Crippen LogP contribution in [0.2, 0.25) is 0 Å². The summed E-state index contributed by atoms with van der Waals surface area (Å²) in [6.07, 6.45) is 10.5. The molecular formula is C21H19N5O2. The van der Waals surface area contributed by atoms with E-state index in [2.05, 4.69) is 26.5 Å². The van der Waals surface area contributed by atoms with Crippen molar-refractivity contribution in [3.8, 4) is 28.5 Å². The number of allylic oxidation sites excluding steroid dienone is 5. The number of phenolic OH excluding ortho intramolecular Hbond substituents is 1. The topological polar surface area (TPSA) is 110 Å². The molecule has 28 heavy (non-hydrogen) atoms. The van der Waals surface area contributed by atoms with E-state index >= 15 is 0 Å². The number of hydrogen-bond donors (Lipinski definition) is 3. The highest BCUT2D eigenvalue weighted by molar-refractivity contribution is 5.77. The van der Waals surface area contributed by atoms with Gasteiger partial charge in [-0.15, -0.1) is 0 Å². The van der Waals surface area contributed by atoms with E-state index in [4.69, 9.17) is 10.3 Å². The molecule has 1 aliphatic carbocycles. The minimum atomic E-state index is 0.189. The molecule has 2 aromatic heterocycles. The molecule has 4 N–H and O–H groups in total. The first kappa shape index (κ1) is 17.5. The van der Waals surface area contributed by atoms with E-state index in [1.54, 1.807) is 30.5 Å². The fourth-order valence-electron chi connectivity index (χ4n) is 2.92. The lowest BCUT2D eigenvalue weighted by Crippen LogP contribution is -1.98. The van der Waals surface area contributed by atoms with Gasteiger partial charge in [0.05, 0.1) is 11.9 Å². The van der Waals surface area contributed by atoms with E-state index in [9.17, 15) is 5.11 Å². The smallest absolute Gasteiger partial charge is 0.189 e. The summed E-state index contributed by atoms with van der Waals surface area (Å²) >= 11 is 0. The molecule has 140 valence electrons. The Kier molecular flexibility index (Phi) is 4.63. The van der Waals surface area contributed by atoms with Gasteiger partial charge in [0.15, 0.2) is 17.3 Å². The fraction of sp³-hybridized carbons (Fsp3) is 0.0952. The lowest BCUT2D eigenvalue weighted by Gasteiger charge is -2.06. The number of nitrogens with zero attached hydrogens (tertiary/aromatic N) is 3. The first-order valence-corrected chi connectivity index (χ1v) is 8.78. The maximum absolute atomic E-state index is 9.46. The summed E-state index contributed by atoms with van der Waals surface area (Å²) in [5.41, 5.74) is 10.8. The SMILES string of the molecule is CNC=C1C=CC(c2cc(-c3nc(-c4ccc(O)cc4)cnc3N)on2)=CC1. The number of nitrogens with two attached hydrogens (primary N) is 1. The van der Waals surface area contributed by atoms with Gasteiger partial charge in [0.2, 0.25) is 0 Å². The van der Waals surface area contributed by atoms with E-state index in [0.29, 0.717) is 22.8 Å². The van der Waals surface area contributed by atoms with Crippen molar-refractivity contribution in [3.63, 3.8) is 0 Å². The molecule has 2 heterocycles. The molecular weight excluding hydrogens is 354 g/mol. The first-order chi connectivity index (χ1) is 13.6. The summed E-state index contributed by atoms with van der Waals surface area (Å²) in [5.74, 6) is 0.901. The minimum Gasteiger partial charge on any atom is -0.508 e. The Balaban J connectivity index is 1.64. The first-order valence-electron chi connectivity index (χ1n) is 8.78. The standard InChI is InChI=1S/C21H19N5O2/c1-23-11-13-2-4-14(5-3-13)17-10-19(28-26-17)20-21(22)24-12-18(25-20)15-6-8-16(27)9-7-15/h2,4-12,23,27H,3H2,1H3,(H2,22,24). The predicted octanol–water partition coefficient (Wildman–Crippen LogP) is 3.53. The van der Waals surface area contributed by atoms with Crippen molar-refractivity contribution in [1.82, 2.24) is 20.4 Å². The van der Waals surface area contributed by atoms with Gasteiger partial charge < -0.3 is 20.7 Å². The molecule has 1 aliphatic rings. The number of phenols is 1. The highest BCUT2D eigenvalue weighted by atomic mass is 16.5. The average molecular weight is 373 g/mol. The van der Waals surface area contributed by atoms with E-state index in [0.717, 1.165) is 17.6 Å². The Bertz CT molecular complexity index is 1090. The molecule has 7 heteroatoms. The monoisotopic (exact) mass is 373 g/mol. The van der Waals surface area contributed by atoms with Crippen molar-refractivity contribution in [3.05, 3.63) is 72.2 Å². The Morgan fingerprint density at radius 3 is 2.71 bits per heavy atom. The van der Waals surface area contributed by atoms with Crippen LogP contribution in [0.3, 0.4) is 0 Å². The molecule has 0 unspecified atom stereocenters. The third-order valence-corrected chi connectivity index (χ3v) is 4.37. The van der Waals surface area contributed by atoms with Crippen LogP contribution < -0.4 is 11.1 Å². The number of nitrogen functional groups attached to an aromatic ring is 1. The van der Waals surface area contributed by atoms with Gasteiger partial charge in [-0.3, -0.25) is 0 Å². The quantitative estimate of drug-likeness (QED) is 0.641. The fourth-order valence-corrected chi connectivity index (χ4v) is 2.92. The van der Waals surface area contributed by atoms with Crippen LogP contribution in [0.1, 0.15) is 12.1 Å². The summed E-state index contributed by atoms with van der Waals surface area (Å²) in [6, 6.07) is 8.53. The number of nitrogens with one attached hydrogen (secondary N) is 1. The summed E-state index contributed by atoms with van der Waals surface area (Å²) in [4.78, 5) is 8.81. The Hall–Kier alpha value is -3.87. The van der Waals surface area contributed by atoms with Gasteiger partial charge >= 0.3 is 0 Å². The number of anilines is 1. The average Bonchev–Trinajstić information content (AvgIpc) is 3.20. The number of rotatable bonds is 4. The number of aromatic nitrogens is 3. The van der Waals surface area contributed by atoms with E-state index in [-0.39, 0.29) is 11.6 Å². The van der Waals surface area contributed by atoms with Crippen molar-refractivity contribution in [2.45, 2.75) is 6.42 Å². The zero-order chi connectivity index (χ0) is 19.5.